The van der Waals surface area contributed by atoms with Gasteiger partial charge >= 0.3 is 0 Å². The summed E-state index contributed by atoms with van der Waals surface area (Å²) < 4.78 is 5.62. The fourth-order valence-electron chi connectivity index (χ4n) is 4.33. The first-order chi connectivity index (χ1) is 13.1. The van der Waals surface area contributed by atoms with Crippen molar-refractivity contribution in [3.63, 3.8) is 0 Å². The number of hydrogen-bond donors (Lipinski definition) is 2. The summed E-state index contributed by atoms with van der Waals surface area (Å²) in [5.74, 6) is 0.298. The zero-order valence-electron chi connectivity index (χ0n) is 17.3. The lowest BCUT2D eigenvalue weighted by atomic mass is 9.82. The Hall–Kier alpha value is -1.10. The zero-order chi connectivity index (χ0) is 19.5. The highest BCUT2D eigenvalue weighted by molar-refractivity contribution is 5.28. The lowest BCUT2D eigenvalue weighted by molar-refractivity contribution is -0.00729. The van der Waals surface area contributed by atoms with Gasteiger partial charge in [-0.15, -0.1) is 0 Å². The Bertz CT molecular complexity index is 528. The predicted octanol–water partition coefficient (Wildman–Crippen LogP) is 5.05. The second kappa shape index (κ2) is 11.7. The van der Waals surface area contributed by atoms with Crippen molar-refractivity contribution in [3.8, 4) is 5.75 Å². The normalized spacial score (nSPS) is 17.9. The van der Waals surface area contributed by atoms with Crippen LogP contribution >= 0.6 is 0 Å². The monoisotopic (exact) mass is 377 g/mol. The molecule has 0 spiro atoms. The van der Waals surface area contributed by atoms with Crippen molar-refractivity contribution in [2.45, 2.75) is 82.8 Å². The molecular formula is C23H39NO3. The Morgan fingerprint density at radius 3 is 2.52 bits per heavy atom. The number of aliphatic hydroxyl groups is 1. The van der Waals surface area contributed by atoms with Gasteiger partial charge in [0.15, 0.2) is 0 Å². The van der Waals surface area contributed by atoms with Crippen LogP contribution in [0.4, 0.5) is 0 Å². The van der Waals surface area contributed by atoms with Gasteiger partial charge in [0.2, 0.25) is 0 Å². The Labute approximate surface area is 165 Å². The van der Waals surface area contributed by atoms with E-state index < -0.39 is 0 Å². The molecule has 0 heterocycles. The van der Waals surface area contributed by atoms with Crippen LogP contribution in [0.2, 0.25) is 0 Å². The summed E-state index contributed by atoms with van der Waals surface area (Å²) in [6.45, 7) is 5.48. The topological polar surface area (TPSA) is 52.9 Å². The first-order valence-corrected chi connectivity index (χ1v) is 10.8. The first-order valence-electron chi connectivity index (χ1n) is 10.8. The van der Waals surface area contributed by atoms with Crippen LogP contribution in [-0.2, 0) is 4.74 Å². The van der Waals surface area contributed by atoms with Gasteiger partial charge in [-0.2, -0.15) is 0 Å². The third kappa shape index (κ3) is 7.81. The summed E-state index contributed by atoms with van der Waals surface area (Å²) in [4.78, 5) is 2.50. The molecule has 1 aliphatic carbocycles. The second-order valence-corrected chi connectivity index (χ2v) is 8.14. The average Bonchev–Trinajstić information content (AvgIpc) is 2.67. The van der Waals surface area contributed by atoms with Crippen LogP contribution in [0.15, 0.2) is 24.3 Å². The van der Waals surface area contributed by atoms with Gasteiger partial charge in [-0.25, -0.2) is 0 Å². The molecule has 4 heteroatoms. The van der Waals surface area contributed by atoms with E-state index in [0.29, 0.717) is 5.75 Å². The number of nitrogens with zero attached hydrogens (tertiary/aromatic N) is 1. The third-order valence-corrected chi connectivity index (χ3v) is 6.07. The molecule has 2 rings (SSSR count). The maximum atomic E-state index is 10.6. The molecule has 154 valence electrons. The van der Waals surface area contributed by atoms with E-state index in [2.05, 4.69) is 11.8 Å². The highest BCUT2D eigenvalue weighted by Gasteiger charge is 2.28. The molecule has 2 N–H and O–H groups in total. The first kappa shape index (κ1) is 22.2. The van der Waals surface area contributed by atoms with E-state index >= 15 is 0 Å². The summed E-state index contributed by atoms with van der Waals surface area (Å²) in [5, 5.41) is 20.3. The van der Waals surface area contributed by atoms with E-state index in [4.69, 9.17) is 4.74 Å². The van der Waals surface area contributed by atoms with Gasteiger partial charge in [0, 0.05) is 7.11 Å². The molecule has 1 aromatic carbocycles. The molecule has 0 bridgehead atoms. The van der Waals surface area contributed by atoms with Gasteiger partial charge in [0.1, 0.15) is 5.75 Å². The summed E-state index contributed by atoms with van der Waals surface area (Å²) in [6.07, 6.45) is 11.0. The molecular weight excluding hydrogens is 338 g/mol. The Morgan fingerprint density at radius 1 is 1.11 bits per heavy atom. The molecule has 4 nitrogen and oxygen atoms in total. The van der Waals surface area contributed by atoms with Crippen molar-refractivity contribution in [1.82, 2.24) is 4.90 Å². The maximum absolute atomic E-state index is 10.6. The third-order valence-electron chi connectivity index (χ3n) is 6.07. The highest BCUT2D eigenvalue weighted by Crippen LogP contribution is 2.32. The van der Waals surface area contributed by atoms with E-state index in [1.54, 1.807) is 19.2 Å². The number of phenols is 1. The molecule has 0 aromatic heterocycles. The molecule has 0 amide bonds. The molecule has 1 saturated carbocycles. The number of benzene rings is 1. The fourth-order valence-corrected chi connectivity index (χ4v) is 4.33. The standard InChI is InChI=1S/C23H39NO3/c1-3-24(18-10-16-23(26)14-6-4-7-15-23)17-8-5-13-22(27-2)20-11-9-12-21(25)19-20/h9,11-12,19,22,25-26H,3-8,10,13-18H2,1-2H3. The van der Waals surface area contributed by atoms with Crippen LogP contribution in [0.5, 0.6) is 5.75 Å². The van der Waals surface area contributed by atoms with Gasteiger partial charge in [-0.05, 0) is 82.3 Å². The molecule has 0 aliphatic heterocycles. The minimum Gasteiger partial charge on any atom is -0.508 e. The number of rotatable bonds is 12. The fraction of sp³-hybridized carbons (Fsp3) is 0.739. The number of unbranched alkanes of at least 4 members (excludes halogenated alkanes) is 1. The largest absolute Gasteiger partial charge is 0.508 e. The van der Waals surface area contributed by atoms with Crippen LogP contribution in [0.25, 0.3) is 0 Å². The van der Waals surface area contributed by atoms with Crippen LogP contribution in [0.3, 0.4) is 0 Å². The van der Waals surface area contributed by atoms with Gasteiger partial charge in [0.05, 0.1) is 11.7 Å². The van der Waals surface area contributed by atoms with Crippen LogP contribution in [0.1, 0.15) is 82.8 Å². The molecule has 1 aromatic rings. The second-order valence-electron chi connectivity index (χ2n) is 8.14. The number of hydrogen-bond acceptors (Lipinski definition) is 4. The van der Waals surface area contributed by atoms with Crippen LogP contribution in [-0.4, -0.2) is 47.5 Å². The molecule has 1 unspecified atom stereocenters. The minimum absolute atomic E-state index is 0.0488. The smallest absolute Gasteiger partial charge is 0.115 e. The summed E-state index contributed by atoms with van der Waals surface area (Å²) >= 11 is 0. The van der Waals surface area contributed by atoms with E-state index in [-0.39, 0.29) is 11.7 Å². The Kier molecular flexibility index (Phi) is 9.60. The van der Waals surface area contributed by atoms with Crippen molar-refractivity contribution in [3.05, 3.63) is 29.8 Å². The van der Waals surface area contributed by atoms with Crippen molar-refractivity contribution in [1.29, 1.82) is 0 Å². The summed E-state index contributed by atoms with van der Waals surface area (Å²) in [5.41, 5.74) is 0.662. The Balaban J connectivity index is 1.64. The van der Waals surface area contributed by atoms with Crippen molar-refractivity contribution < 1.29 is 14.9 Å². The van der Waals surface area contributed by atoms with Gasteiger partial charge in [-0.1, -0.05) is 38.3 Å². The zero-order valence-corrected chi connectivity index (χ0v) is 17.3. The minimum atomic E-state index is -0.384. The molecule has 1 atom stereocenters. The summed E-state index contributed by atoms with van der Waals surface area (Å²) in [6, 6.07) is 7.37. The molecule has 1 aliphatic rings. The summed E-state index contributed by atoms with van der Waals surface area (Å²) in [7, 11) is 1.74. The number of phenolic OH excluding ortho intramolecular Hbond substituents is 1. The van der Waals surface area contributed by atoms with Crippen LogP contribution < -0.4 is 0 Å². The van der Waals surface area contributed by atoms with Crippen molar-refractivity contribution in [2.24, 2.45) is 0 Å². The predicted molar refractivity (Wildman–Crippen MR) is 111 cm³/mol. The average molecular weight is 378 g/mol. The van der Waals surface area contributed by atoms with E-state index in [1.165, 1.54) is 19.3 Å². The van der Waals surface area contributed by atoms with Crippen molar-refractivity contribution in [2.75, 3.05) is 26.7 Å². The quantitative estimate of drug-likeness (QED) is 0.501. The van der Waals surface area contributed by atoms with Gasteiger partial charge in [-0.3, -0.25) is 0 Å². The maximum Gasteiger partial charge on any atom is 0.115 e. The Morgan fingerprint density at radius 2 is 1.85 bits per heavy atom. The van der Waals surface area contributed by atoms with E-state index in [0.717, 1.165) is 70.1 Å². The SMILES string of the molecule is CCN(CCCCC(OC)c1cccc(O)c1)CCCC1(O)CCCCC1. The van der Waals surface area contributed by atoms with Crippen LogP contribution in [0, 0.1) is 0 Å². The number of methoxy groups -OCH3 is 1. The number of aromatic hydroxyl groups is 1. The van der Waals surface area contributed by atoms with Gasteiger partial charge < -0.3 is 19.8 Å². The molecule has 27 heavy (non-hydrogen) atoms. The lowest BCUT2D eigenvalue weighted by Gasteiger charge is -2.33. The molecule has 1 fully saturated rings. The lowest BCUT2D eigenvalue weighted by Crippen LogP contribution is -2.33. The van der Waals surface area contributed by atoms with E-state index in [9.17, 15) is 10.2 Å². The molecule has 0 radical (unpaired) electrons. The van der Waals surface area contributed by atoms with Gasteiger partial charge in [0.25, 0.3) is 0 Å². The molecule has 0 saturated heterocycles. The number of ether oxygens (including phenoxy) is 1. The van der Waals surface area contributed by atoms with E-state index in [1.807, 2.05) is 12.1 Å². The van der Waals surface area contributed by atoms with Crippen molar-refractivity contribution >= 4 is 0 Å². The highest BCUT2D eigenvalue weighted by atomic mass is 16.5.